The smallest absolute Gasteiger partial charge is 0.250 e. The molecular formula is C24H27ClN4O4S3. The summed E-state index contributed by atoms with van der Waals surface area (Å²) >= 11 is 8.78. The summed E-state index contributed by atoms with van der Waals surface area (Å²) in [4.78, 5) is 35.5. The first-order valence-electron chi connectivity index (χ1n) is 11.9. The van der Waals surface area contributed by atoms with Gasteiger partial charge in [0.25, 0.3) is 10.0 Å². The third-order valence-corrected chi connectivity index (χ3v) is 11.2. The number of hydrogen-bond acceptors (Lipinski definition) is 7. The lowest BCUT2D eigenvalue weighted by molar-refractivity contribution is -0.143. The third-order valence-electron chi connectivity index (χ3n) is 6.78. The van der Waals surface area contributed by atoms with Gasteiger partial charge in [-0.1, -0.05) is 11.6 Å². The number of benzene rings is 1. The van der Waals surface area contributed by atoms with E-state index in [-0.39, 0.29) is 28.6 Å². The van der Waals surface area contributed by atoms with Crippen LogP contribution in [-0.4, -0.2) is 60.7 Å². The molecule has 2 saturated heterocycles. The molecule has 4 heterocycles. The van der Waals surface area contributed by atoms with E-state index < -0.39 is 16.1 Å². The van der Waals surface area contributed by atoms with Gasteiger partial charge in [-0.25, -0.2) is 13.4 Å². The highest BCUT2D eigenvalue weighted by molar-refractivity contribution is 7.91. The monoisotopic (exact) mass is 566 g/mol. The number of halogens is 1. The SMILES string of the molecule is Cc1nc([C@@H]2CCCN2C(=O)CN2CCC[C@H](NS(=O)(=O)c3cc4cc(Cl)ccc4s3)C2=O)sc1C. The summed E-state index contributed by atoms with van der Waals surface area (Å²) in [5, 5.41) is 2.21. The Hall–Kier alpha value is -2.05. The molecule has 0 bridgehead atoms. The lowest BCUT2D eigenvalue weighted by Gasteiger charge is -2.33. The number of amides is 2. The summed E-state index contributed by atoms with van der Waals surface area (Å²) in [5.74, 6) is -0.486. The number of sulfonamides is 1. The molecule has 2 amide bonds. The summed E-state index contributed by atoms with van der Waals surface area (Å²) < 4.78 is 29.7. The van der Waals surface area contributed by atoms with Crippen molar-refractivity contribution in [3.05, 3.63) is 44.9 Å². The highest BCUT2D eigenvalue weighted by Crippen LogP contribution is 2.35. The van der Waals surface area contributed by atoms with E-state index in [2.05, 4.69) is 9.71 Å². The van der Waals surface area contributed by atoms with Crippen LogP contribution in [0.3, 0.4) is 0 Å². The number of hydrogen-bond donors (Lipinski definition) is 1. The summed E-state index contributed by atoms with van der Waals surface area (Å²) in [5.41, 5.74) is 0.984. The number of nitrogens with one attached hydrogen (secondary N) is 1. The van der Waals surface area contributed by atoms with E-state index in [9.17, 15) is 18.0 Å². The minimum absolute atomic E-state index is 0.0573. The molecular weight excluding hydrogens is 540 g/mol. The lowest BCUT2D eigenvalue weighted by atomic mass is 10.1. The number of thiazole rings is 1. The van der Waals surface area contributed by atoms with E-state index in [1.54, 1.807) is 35.6 Å². The lowest BCUT2D eigenvalue weighted by Crippen LogP contribution is -2.54. The van der Waals surface area contributed by atoms with Crippen molar-refractivity contribution in [2.75, 3.05) is 19.6 Å². The fourth-order valence-electron chi connectivity index (χ4n) is 4.79. The number of nitrogens with zero attached hydrogens (tertiary/aromatic N) is 3. The first-order chi connectivity index (χ1) is 17.1. The molecule has 2 aliphatic heterocycles. The first kappa shape index (κ1) is 25.6. The maximum atomic E-state index is 13.2. The second-order valence-corrected chi connectivity index (χ2v) is 14.0. The number of carbonyl (C=O) groups excluding carboxylic acids is 2. The topological polar surface area (TPSA) is 99.7 Å². The van der Waals surface area contributed by atoms with Gasteiger partial charge in [0.05, 0.1) is 18.3 Å². The van der Waals surface area contributed by atoms with Gasteiger partial charge in [0.15, 0.2) is 0 Å². The number of likely N-dealkylation sites (tertiary alicyclic amines) is 2. The predicted molar refractivity (Wildman–Crippen MR) is 142 cm³/mol. The van der Waals surface area contributed by atoms with Gasteiger partial charge in [0, 0.05) is 27.7 Å². The minimum atomic E-state index is -3.91. The van der Waals surface area contributed by atoms with E-state index in [0.29, 0.717) is 31.0 Å². The Bertz CT molecular complexity index is 1410. The van der Waals surface area contributed by atoms with Gasteiger partial charge in [-0.2, -0.15) is 4.72 Å². The Morgan fingerprint density at radius 2 is 1.94 bits per heavy atom. The average Bonchev–Trinajstić information content (AvgIpc) is 3.55. The Kier molecular flexibility index (Phi) is 7.12. The van der Waals surface area contributed by atoms with Gasteiger partial charge < -0.3 is 9.80 Å². The van der Waals surface area contributed by atoms with Crippen LogP contribution in [0.4, 0.5) is 0 Å². The molecule has 12 heteroatoms. The molecule has 0 unspecified atom stereocenters. The van der Waals surface area contributed by atoms with Gasteiger partial charge in [0.1, 0.15) is 15.3 Å². The standard InChI is InChI=1S/C24H27ClN4O4S3/c1-14-15(2)34-23(26-14)19-6-4-10-29(19)21(30)13-28-9-3-5-18(24(28)31)27-36(32,33)22-12-16-11-17(25)7-8-20(16)35-22/h7-8,11-12,18-19,27H,3-6,9-10,13H2,1-2H3/t18-,19-/m0/s1. The van der Waals surface area contributed by atoms with Gasteiger partial charge in [-0.05, 0) is 69.2 Å². The van der Waals surface area contributed by atoms with E-state index in [4.69, 9.17) is 11.6 Å². The molecule has 2 atom stereocenters. The molecule has 2 aliphatic rings. The number of aryl methyl sites for hydroxylation is 2. The molecule has 0 saturated carbocycles. The number of aromatic nitrogens is 1. The quantitative estimate of drug-likeness (QED) is 0.480. The number of piperidine rings is 1. The van der Waals surface area contributed by atoms with E-state index in [0.717, 1.165) is 49.8 Å². The van der Waals surface area contributed by atoms with Crippen LogP contribution in [0, 0.1) is 13.8 Å². The van der Waals surface area contributed by atoms with Gasteiger partial charge >= 0.3 is 0 Å². The average molecular weight is 567 g/mol. The summed E-state index contributed by atoms with van der Waals surface area (Å²) in [6.45, 7) is 5.00. The Balaban J connectivity index is 1.27. The van der Waals surface area contributed by atoms with Crippen LogP contribution in [0.5, 0.6) is 0 Å². The normalized spacial score (nSPS) is 21.0. The molecule has 8 nitrogen and oxygen atoms in total. The zero-order valence-electron chi connectivity index (χ0n) is 20.0. The van der Waals surface area contributed by atoms with Gasteiger partial charge in [-0.15, -0.1) is 22.7 Å². The Labute approximate surface area is 223 Å². The molecule has 192 valence electrons. The highest BCUT2D eigenvalue weighted by atomic mass is 35.5. The van der Waals surface area contributed by atoms with Crippen molar-refractivity contribution in [1.82, 2.24) is 19.5 Å². The van der Waals surface area contributed by atoms with Crippen LogP contribution >= 0.6 is 34.3 Å². The maximum Gasteiger partial charge on any atom is 0.250 e. The highest BCUT2D eigenvalue weighted by Gasteiger charge is 2.37. The summed E-state index contributed by atoms with van der Waals surface area (Å²) in [7, 11) is -3.91. The second-order valence-electron chi connectivity index (χ2n) is 9.26. The number of thiophene rings is 1. The van der Waals surface area contributed by atoms with Crippen LogP contribution in [0.25, 0.3) is 10.1 Å². The van der Waals surface area contributed by atoms with Crippen molar-refractivity contribution >= 4 is 66.2 Å². The van der Waals surface area contributed by atoms with Crippen molar-refractivity contribution in [2.45, 2.75) is 55.8 Å². The third kappa shape index (κ3) is 5.04. The number of fused-ring (bicyclic) bond motifs is 1. The van der Waals surface area contributed by atoms with Crippen LogP contribution < -0.4 is 4.72 Å². The van der Waals surface area contributed by atoms with Crippen molar-refractivity contribution < 1.29 is 18.0 Å². The molecule has 1 N–H and O–H groups in total. The Morgan fingerprint density at radius 3 is 2.69 bits per heavy atom. The zero-order valence-corrected chi connectivity index (χ0v) is 23.2. The molecule has 0 aliphatic carbocycles. The molecule has 36 heavy (non-hydrogen) atoms. The van der Waals surface area contributed by atoms with E-state index >= 15 is 0 Å². The predicted octanol–water partition coefficient (Wildman–Crippen LogP) is 4.26. The van der Waals surface area contributed by atoms with Gasteiger partial charge in [0.2, 0.25) is 11.8 Å². The van der Waals surface area contributed by atoms with Crippen LogP contribution in [0.15, 0.2) is 28.5 Å². The zero-order chi connectivity index (χ0) is 25.6. The van der Waals surface area contributed by atoms with Crippen LogP contribution in [-0.2, 0) is 19.6 Å². The van der Waals surface area contributed by atoms with E-state index in [1.807, 2.05) is 18.7 Å². The van der Waals surface area contributed by atoms with Crippen molar-refractivity contribution in [3.8, 4) is 0 Å². The molecule has 5 rings (SSSR count). The van der Waals surface area contributed by atoms with Crippen molar-refractivity contribution in [2.24, 2.45) is 0 Å². The fraction of sp³-hybridized carbons (Fsp3) is 0.458. The molecule has 2 aromatic heterocycles. The van der Waals surface area contributed by atoms with Crippen molar-refractivity contribution in [3.63, 3.8) is 0 Å². The van der Waals surface area contributed by atoms with E-state index in [1.165, 1.54) is 4.90 Å². The second kappa shape index (κ2) is 10.0. The van der Waals surface area contributed by atoms with Crippen LogP contribution in [0.1, 0.15) is 47.3 Å². The fourth-order valence-corrected chi connectivity index (χ4v) is 8.66. The summed E-state index contributed by atoms with van der Waals surface area (Å²) in [6, 6.07) is 5.81. The molecule has 0 radical (unpaired) electrons. The molecule has 3 aromatic rings. The first-order valence-corrected chi connectivity index (χ1v) is 15.4. The van der Waals surface area contributed by atoms with Crippen molar-refractivity contribution in [1.29, 1.82) is 0 Å². The molecule has 1 aromatic carbocycles. The van der Waals surface area contributed by atoms with Crippen LogP contribution in [0.2, 0.25) is 5.02 Å². The Morgan fingerprint density at radius 1 is 1.17 bits per heavy atom. The largest absolute Gasteiger partial charge is 0.332 e. The minimum Gasteiger partial charge on any atom is -0.332 e. The number of rotatable bonds is 6. The maximum absolute atomic E-state index is 13.2. The summed E-state index contributed by atoms with van der Waals surface area (Å²) in [6.07, 6.45) is 2.76. The molecule has 0 spiro atoms. The molecule has 2 fully saturated rings. The number of carbonyl (C=O) groups is 2. The van der Waals surface area contributed by atoms with Gasteiger partial charge in [-0.3, -0.25) is 9.59 Å².